The van der Waals surface area contributed by atoms with E-state index in [1.54, 1.807) is 24.3 Å². The number of nitriles is 1. The maximum atomic E-state index is 12.4. The molecule has 2 N–H and O–H groups in total. The molecule has 1 aromatic heterocycles. The number of hydrogen-bond donors (Lipinski definition) is 2. The monoisotopic (exact) mass is 295 g/mol. The summed E-state index contributed by atoms with van der Waals surface area (Å²) in [5.74, 6) is 0. The first kappa shape index (κ1) is 15.1. The molecule has 0 aliphatic heterocycles. The van der Waals surface area contributed by atoms with Crippen LogP contribution in [-0.2, 0) is 0 Å². The molecule has 0 aliphatic carbocycles. The van der Waals surface area contributed by atoms with Crippen LogP contribution >= 0.6 is 0 Å². The van der Waals surface area contributed by atoms with Gasteiger partial charge in [0, 0.05) is 17.3 Å². The molecule has 4 nitrogen and oxygen atoms in total. The minimum atomic E-state index is -4.68. The topological polar surface area (TPSA) is 68.9 Å². The summed E-state index contributed by atoms with van der Waals surface area (Å²) in [7, 11) is 0. The van der Waals surface area contributed by atoms with E-state index in [2.05, 4.69) is 10.3 Å². The van der Waals surface area contributed by atoms with Gasteiger partial charge >= 0.3 is 6.18 Å². The number of nitrogens with zero attached hydrogens (tertiary/aromatic N) is 2. The molecule has 0 amide bonds. The number of nitrogens with one attached hydrogen (secondary N) is 1. The molecule has 0 radical (unpaired) electrons. The third kappa shape index (κ3) is 3.23. The fourth-order valence-electron chi connectivity index (χ4n) is 1.98. The van der Waals surface area contributed by atoms with Gasteiger partial charge in [0.1, 0.15) is 11.8 Å². The molecule has 2 aromatic rings. The second kappa shape index (κ2) is 5.58. The molecule has 0 saturated carbocycles. The van der Waals surface area contributed by atoms with Crippen molar-refractivity contribution in [1.29, 1.82) is 5.26 Å². The normalized spacial score (nSPS) is 14.5. The highest BCUT2D eigenvalue weighted by Gasteiger charge is 2.41. The Balaban J connectivity index is 2.27. The van der Waals surface area contributed by atoms with Crippen molar-refractivity contribution in [2.75, 3.05) is 5.32 Å². The van der Waals surface area contributed by atoms with E-state index in [1.807, 2.05) is 6.07 Å². The van der Waals surface area contributed by atoms with Crippen molar-refractivity contribution >= 4 is 16.5 Å². The molecular weight excluding hydrogens is 283 g/mol. The van der Waals surface area contributed by atoms with Crippen LogP contribution < -0.4 is 5.32 Å². The van der Waals surface area contributed by atoms with Crippen LogP contribution in [0, 0.1) is 11.3 Å². The fraction of sp³-hybridized carbons (Fsp3) is 0.286. The van der Waals surface area contributed by atoms with E-state index >= 15 is 0 Å². The number of alkyl halides is 3. The molecule has 0 spiro atoms. The molecule has 21 heavy (non-hydrogen) atoms. The highest BCUT2D eigenvalue weighted by atomic mass is 19.4. The Morgan fingerprint density at radius 2 is 2.05 bits per heavy atom. The summed E-state index contributed by atoms with van der Waals surface area (Å²) >= 11 is 0. The minimum Gasteiger partial charge on any atom is -0.382 e. The van der Waals surface area contributed by atoms with Gasteiger partial charge in [-0.15, -0.1) is 0 Å². The number of halogens is 3. The second-order valence-electron chi connectivity index (χ2n) is 4.63. The lowest BCUT2D eigenvalue weighted by Crippen LogP contribution is -2.42. The number of aliphatic hydroxyl groups excluding tert-OH is 1. The van der Waals surface area contributed by atoms with Gasteiger partial charge < -0.3 is 10.4 Å². The van der Waals surface area contributed by atoms with Crippen molar-refractivity contribution in [3.8, 4) is 6.07 Å². The Hall–Kier alpha value is -2.33. The Kier molecular flexibility index (Phi) is 4.00. The molecule has 0 bridgehead atoms. The van der Waals surface area contributed by atoms with Crippen LogP contribution in [0.4, 0.5) is 18.9 Å². The maximum absolute atomic E-state index is 12.4. The summed E-state index contributed by atoms with van der Waals surface area (Å²) in [5.41, 5.74) is 0.677. The van der Waals surface area contributed by atoms with E-state index in [4.69, 9.17) is 5.26 Å². The highest BCUT2D eigenvalue weighted by Crippen LogP contribution is 2.26. The zero-order valence-corrected chi connectivity index (χ0v) is 11.0. The first-order valence-corrected chi connectivity index (χ1v) is 6.13. The number of hydrogen-bond acceptors (Lipinski definition) is 4. The van der Waals surface area contributed by atoms with E-state index in [0.29, 0.717) is 16.5 Å². The quantitative estimate of drug-likeness (QED) is 0.913. The van der Waals surface area contributed by atoms with Crippen LogP contribution in [0.25, 0.3) is 10.8 Å². The average Bonchev–Trinajstić information content (AvgIpc) is 2.44. The molecule has 110 valence electrons. The summed E-state index contributed by atoms with van der Waals surface area (Å²) in [5, 5.41) is 22.0. The maximum Gasteiger partial charge on any atom is 0.416 e. The zero-order chi connectivity index (χ0) is 15.6. The van der Waals surface area contributed by atoms with Crippen molar-refractivity contribution < 1.29 is 18.3 Å². The van der Waals surface area contributed by atoms with Crippen molar-refractivity contribution in [3.05, 3.63) is 36.2 Å². The van der Waals surface area contributed by atoms with Gasteiger partial charge in [-0.05, 0) is 36.6 Å². The third-order valence-corrected chi connectivity index (χ3v) is 3.07. The van der Waals surface area contributed by atoms with Gasteiger partial charge in [-0.2, -0.15) is 18.4 Å². The van der Waals surface area contributed by atoms with Crippen LogP contribution in [0.1, 0.15) is 12.6 Å². The molecule has 0 fully saturated rings. The smallest absolute Gasteiger partial charge is 0.382 e. The largest absolute Gasteiger partial charge is 0.416 e. The predicted octanol–water partition coefficient (Wildman–Crippen LogP) is 2.83. The van der Waals surface area contributed by atoms with Crippen LogP contribution in [0.5, 0.6) is 0 Å². The lowest BCUT2D eigenvalue weighted by atomic mass is 10.1. The summed E-state index contributed by atoms with van der Waals surface area (Å²) < 4.78 is 37.3. The fourth-order valence-corrected chi connectivity index (χ4v) is 1.98. The Morgan fingerprint density at radius 3 is 2.67 bits per heavy atom. The SMILES string of the molecule is C[C@@H](Nc1ccc2c(C#N)nccc2c1)[C@H](O)C(F)(F)F. The number of benzene rings is 1. The van der Waals surface area contributed by atoms with E-state index in [0.717, 1.165) is 0 Å². The number of anilines is 1. The Morgan fingerprint density at radius 1 is 1.33 bits per heavy atom. The van der Waals surface area contributed by atoms with Crippen LogP contribution in [-0.4, -0.2) is 28.4 Å². The average molecular weight is 295 g/mol. The van der Waals surface area contributed by atoms with Gasteiger partial charge in [0.25, 0.3) is 0 Å². The molecule has 1 heterocycles. The molecule has 2 atom stereocenters. The Labute approximate surface area is 118 Å². The lowest BCUT2D eigenvalue weighted by Gasteiger charge is -2.23. The van der Waals surface area contributed by atoms with Gasteiger partial charge in [0.05, 0.1) is 6.04 Å². The van der Waals surface area contributed by atoms with Crippen molar-refractivity contribution in [2.24, 2.45) is 0 Å². The third-order valence-electron chi connectivity index (χ3n) is 3.07. The van der Waals surface area contributed by atoms with E-state index in [-0.39, 0.29) is 5.69 Å². The highest BCUT2D eigenvalue weighted by molar-refractivity contribution is 5.89. The minimum absolute atomic E-state index is 0.252. The molecule has 2 rings (SSSR count). The number of pyridine rings is 1. The van der Waals surface area contributed by atoms with Gasteiger partial charge in [-0.1, -0.05) is 0 Å². The number of aliphatic hydroxyl groups is 1. The molecular formula is C14H12F3N3O. The number of aromatic nitrogens is 1. The summed E-state index contributed by atoms with van der Waals surface area (Å²) in [4.78, 5) is 3.91. The van der Waals surface area contributed by atoms with Gasteiger partial charge in [0.15, 0.2) is 6.10 Å². The summed E-state index contributed by atoms with van der Waals surface area (Å²) in [6, 6.07) is 7.17. The first-order valence-electron chi connectivity index (χ1n) is 6.13. The van der Waals surface area contributed by atoms with E-state index in [9.17, 15) is 18.3 Å². The molecule has 0 unspecified atom stereocenters. The molecule has 1 aromatic carbocycles. The summed E-state index contributed by atoms with van der Waals surface area (Å²) in [6.45, 7) is 1.25. The van der Waals surface area contributed by atoms with E-state index in [1.165, 1.54) is 13.1 Å². The molecule has 0 saturated heterocycles. The van der Waals surface area contributed by atoms with Crippen LogP contribution in [0.2, 0.25) is 0 Å². The molecule has 7 heteroatoms. The van der Waals surface area contributed by atoms with Gasteiger partial charge in [0.2, 0.25) is 0 Å². The van der Waals surface area contributed by atoms with Crippen molar-refractivity contribution in [3.63, 3.8) is 0 Å². The van der Waals surface area contributed by atoms with Gasteiger partial charge in [-0.25, -0.2) is 4.98 Å². The first-order chi connectivity index (χ1) is 9.82. The Bertz CT molecular complexity index is 694. The summed E-state index contributed by atoms with van der Waals surface area (Å²) in [6.07, 6.45) is -5.68. The van der Waals surface area contributed by atoms with Crippen molar-refractivity contribution in [2.45, 2.75) is 25.2 Å². The standard InChI is InChI=1S/C14H12F3N3O/c1-8(13(21)14(15,16)17)20-10-2-3-11-9(6-10)4-5-19-12(11)7-18/h2-6,8,13,20-21H,1H3/t8-,13+/m1/s1. The lowest BCUT2D eigenvalue weighted by molar-refractivity contribution is -0.206. The van der Waals surface area contributed by atoms with Crippen molar-refractivity contribution in [1.82, 2.24) is 4.98 Å². The molecule has 0 aliphatic rings. The van der Waals surface area contributed by atoms with Crippen LogP contribution in [0.15, 0.2) is 30.5 Å². The van der Waals surface area contributed by atoms with Gasteiger partial charge in [-0.3, -0.25) is 0 Å². The zero-order valence-electron chi connectivity index (χ0n) is 11.0. The van der Waals surface area contributed by atoms with Crippen LogP contribution in [0.3, 0.4) is 0 Å². The van der Waals surface area contributed by atoms with E-state index < -0.39 is 18.3 Å². The number of rotatable bonds is 3. The number of fused-ring (bicyclic) bond motifs is 1. The predicted molar refractivity (Wildman–Crippen MR) is 71.6 cm³/mol. The second-order valence-corrected chi connectivity index (χ2v) is 4.63.